The first-order chi connectivity index (χ1) is 13.7. The minimum Gasteiger partial charge on any atom is -0.496 e. The second kappa shape index (κ2) is 7.72. The molecule has 2 heterocycles. The lowest BCUT2D eigenvalue weighted by Crippen LogP contribution is -2.33. The molecule has 1 aliphatic heterocycles. The normalized spacial score (nSPS) is 14.0. The van der Waals surface area contributed by atoms with Gasteiger partial charge in [0.2, 0.25) is 0 Å². The topological polar surface area (TPSA) is 61.5 Å². The number of hydrogen-bond acceptors (Lipinski definition) is 3. The molecule has 2 aromatic carbocycles. The van der Waals surface area contributed by atoms with Gasteiger partial charge in [0.25, 0.3) is 0 Å². The van der Waals surface area contributed by atoms with Crippen LogP contribution in [0.1, 0.15) is 5.56 Å². The number of hydrogen-bond donors (Lipinski definition) is 1. The Morgan fingerprint density at radius 2 is 2.00 bits per heavy atom. The molecule has 0 atom stereocenters. The summed E-state index contributed by atoms with van der Waals surface area (Å²) in [6.45, 7) is 1.88. The smallest absolute Gasteiger partial charge is 0.324 e. The Morgan fingerprint density at radius 3 is 2.71 bits per heavy atom. The third-order valence-electron chi connectivity index (χ3n) is 4.98. The number of nitrogens with one attached hydrogen (secondary N) is 1. The quantitative estimate of drug-likeness (QED) is 0.709. The van der Waals surface area contributed by atoms with Crippen molar-refractivity contribution in [2.45, 2.75) is 6.42 Å². The summed E-state index contributed by atoms with van der Waals surface area (Å²) in [6, 6.07) is 12.1. The maximum absolute atomic E-state index is 13.0. The Bertz CT molecular complexity index is 957. The Labute approximate surface area is 162 Å². The van der Waals surface area contributed by atoms with Gasteiger partial charge in [-0.2, -0.15) is 5.10 Å². The third-order valence-corrected chi connectivity index (χ3v) is 4.98. The van der Waals surface area contributed by atoms with Gasteiger partial charge in [-0.1, -0.05) is 12.1 Å². The van der Waals surface area contributed by atoms with Crippen LogP contribution in [0, 0.1) is 5.82 Å². The second-order valence-electron chi connectivity index (χ2n) is 6.67. The highest BCUT2D eigenvalue weighted by Crippen LogP contribution is 2.34. The number of ether oxygens (including phenoxy) is 1. The summed E-state index contributed by atoms with van der Waals surface area (Å²) in [7, 11) is 1.61. The van der Waals surface area contributed by atoms with Crippen molar-refractivity contribution in [2.75, 3.05) is 31.6 Å². The SMILES string of the molecule is COc1cc(N2CCN(CCc3ccc(F)cc3)C2=O)ccc1-c1cn[nH]c1. The van der Waals surface area contributed by atoms with Crippen LogP contribution in [0.2, 0.25) is 0 Å². The first kappa shape index (κ1) is 18.0. The molecule has 1 saturated heterocycles. The highest BCUT2D eigenvalue weighted by Gasteiger charge is 2.29. The molecule has 0 radical (unpaired) electrons. The van der Waals surface area contributed by atoms with E-state index in [-0.39, 0.29) is 11.8 Å². The molecule has 6 nitrogen and oxygen atoms in total. The highest BCUT2D eigenvalue weighted by molar-refractivity contribution is 5.95. The zero-order chi connectivity index (χ0) is 19.5. The van der Waals surface area contributed by atoms with Crippen molar-refractivity contribution in [3.05, 3.63) is 66.2 Å². The Kier molecular flexibility index (Phi) is 4.97. The number of aromatic amines is 1. The molecular formula is C21H21FN4O2. The predicted octanol–water partition coefficient (Wildman–Crippen LogP) is 3.71. The fourth-order valence-electron chi connectivity index (χ4n) is 3.43. The van der Waals surface area contributed by atoms with Crippen molar-refractivity contribution >= 4 is 11.7 Å². The maximum Gasteiger partial charge on any atom is 0.324 e. The van der Waals surface area contributed by atoms with E-state index in [9.17, 15) is 9.18 Å². The second-order valence-corrected chi connectivity index (χ2v) is 6.67. The number of nitrogens with zero attached hydrogens (tertiary/aromatic N) is 3. The van der Waals surface area contributed by atoms with Gasteiger partial charge in [-0.25, -0.2) is 9.18 Å². The van der Waals surface area contributed by atoms with Crippen LogP contribution in [0.3, 0.4) is 0 Å². The standard InChI is InChI=1S/C21H21FN4O2/c1-28-20-12-18(6-7-19(20)16-13-23-24-14-16)26-11-10-25(21(26)27)9-8-15-2-4-17(22)5-3-15/h2-7,12-14H,8-11H2,1H3,(H,23,24). The molecule has 1 N–H and O–H groups in total. The van der Waals surface area contributed by atoms with Crippen LogP contribution in [0.4, 0.5) is 14.9 Å². The van der Waals surface area contributed by atoms with E-state index in [1.165, 1.54) is 12.1 Å². The first-order valence-electron chi connectivity index (χ1n) is 9.14. The molecule has 0 bridgehead atoms. The van der Waals surface area contributed by atoms with Crippen molar-refractivity contribution in [3.8, 4) is 16.9 Å². The number of anilines is 1. The molecule has 0 spiro atoms. The van der Waals surface area contributed by atoms with E-state index in [0.29, 0.717) is 31.8 Å². The van der Waals surface area contributed by atoms with Crippen molar-refractivity contribution in [1.82, 2.24) is 15.1 Å². The fraction of sp³-hybridized carbons (Fsp3) is 0.238. The van der Waals surface area contributed by atoms with Gasteiger partial charge in [-0.05, 0) is 36.2 Å². The molecule has 2 amide bonds. The molecule has 28 heavy (non-hydrogen) atoms. The van der Waals surface area contributed by atoms with Crippen LogP contribution >= 0.6 is 0 Å². The van der Waals surface area contributed by atoms with Crippen LogP contribution < -0.4 is 9.64 Å². The number of benzene rings is 2. The zero-order valence-electron chi connectivity index (χ0n) is 15.6. The van der Waals surface area contributed by atoms with Gasteiger partial charge in [0.15, 0.2) is 0 Å². The number of rotatable bonds is 6. The van der Waals surface area contributed by atoms with Crippen molar-refractivity contribution in [1.29, 1.82) is 0 Å². The van der Waals surface area contributed by atoms with Crippen molar-refractivity contribution in [2.24, 2.45) is 0 Å². The van der Waals surface area contributed by atoms with Gasteiger partial charge in [0.1, 0.15) is 11.6 Å². The maximum atomic E-state index is 13.0. The van der Waals surface area contributed by atoms with Gasteiger partial charge >= 0.3 is 6.03 Å². The lowest BCUT2D eigenvalue weighted by atomic mass is 10.1. The van der Waals surface area contributed by atoms with E-state index in [4.69, 9.17) is 4.74 Å². The van der Waals surface area contributed by atoms with Gasteiger partial charge < -0.3 is 9.64 Å². The monoisotopic (exact) mass is 380 g/mol. The predicted molar refractivity (Wildman–Crippen MR) is 105 cm³/mol. The molecular weight excluding hydrogens is 359 g/mol. The number of methoxy groups -OCH3 is 1. The van der Waals surface area contributed by atoms with E-state index < -0.39 is 0 Å². The van der Waals surface area contributed by atoms with Gasteiger partial charge in [0.05, 0.1) is 13.3 Å². The summed E-state index contributed by atoms with van der Waals surface area (Å²) in [5, 5.41) is 6.77. The number of urea groups is 1. The minimum absolute atomic E-state index is 0.0276. The van der Waals surface area contributed by atoms with Crippen LogP contribution in [-0.4, -0.2) is 47.9 Å². The van der Waals surface area contributed by atoms with E-state index in [2.05, 4.69) is 10.2 Å². The summed E-state index contributed by atoms with van der Waals surface area (Å²) >= 11 is 0. The van der Waals surface area contributed by atoms with E-state index in [1.807, 2.05) is 23.1 Å². The minimum atomic E-state index is -0.250. The number of halogens is 1. The molecule has 3 aromatic rings. The molecule has 7 heteroatoms. The first-order valence-corrected chi connectivity index (χ1v) is 9.14. The van der Waals surface area contributed by atoms with Gasteiger partial charge in [0, 0.05) is 48.7 Å². The van der Waals surface area contributed by atoms with Crippen LogP contribution in [0.25, 0.3) is 11.1 Å². The zero-order valence-corrected chi connectivity index (χ0v) is 15.6. The van der Waals surface area contributed by atoms with Gasteiger partial charge in [-0.3, -0.25) is 10.00 Å². The summed E-state index contributed by atoms with van der Waals surface area (Å²) in [5.41, 5.74) is 3.66. The van der Waals surface area contributed by atoms with Crippen LogP contribution in [0.15, 0.2) is 54.9 Å². The largest absolute Gasteiger partial charge is 0.496 e. The average molecular weight is 380 g/mol. The third kappa shape index (κ3) is 3.55. The number of amides is 2. The molecule has 0 unspecified atom stereocenters. The number of H-pyrrole nitrogens is 1. The lowest BCUT2D eigenvalue weighted by molar-refractivity contribution is 0.221. The van der Waals surface area contributed by atoms with E-state index >= 15 is 0 Å². The molecule has 0 aliphatic carbocycles. The Balaban J connectivity index is 1.46. The van der Waals surface area contributed by atoms with Crippen LogP contribution in [-0.2, 0) is 6.42 Å². The molecule has 144 valence electrons. The van der Waals surface area contributed by atoms with Crippen molar-refractivity contribution < 1.29 is 13.9 Å². The summed E-state index contributed by atoms with van der Waals surface area (Å²) in [4.78, 5) is 16.4. The van der Waals surface area contributed by atoms with Crippen molar-refractivity contribution in [3.63, 3.8) is 0 Å². The molecule has 1 aromatic heterocycles. The highest BCUT2D eigenvalue weighted by atomic mass is 19.1. The number of aromatic nitrogens is 2. The lowest BCUT2D eigenvalue weighted by Gasteiger charge is -2.20. The number of carbonyl (C=O) groups is 1. The number of carbonyl (C=O) groups excluding carboxylic acids is 1. The summed E-state index contributed by atoms with van der Waals surface area (Å²) < 4.78 is 18.5. The fourth-order valence-corrected chi connectivity index (χ4v) is 3.43. The molecule has 1 fully saturated rings. The Hall–Kier alpha value is -3.35. The summed E-state index contributed by atoms with van der Waals surface area (Å²) in [5.74, 6) is 0.441. The molecule has 1 aliphatic rings. The van der Waals surface area contributed by atoms with E-state index in [1.54, 1.807) is 36.5 Å². The van der Waals surface area contributed by atoms with E-state index in [0.717, 1.165) is 22.4 Å². The van der Waals surface area contributed by atoms with Gasteiger partial charge in [-0.15, -0.1) is 0 Å². The summed E-state index contributed by atoms with van der Waals surface area (Å²) in [6.07, 6.45) is 4.23. The molecule has 0 saturated carbocycles. The van der Waals surface area contributed by atoms with Crippen LogP contribution in [0.5, 0.6) is 5.75 Å². The molecule has 4 rings (SSSR count). The Morgan fingerprint density at radius 1 is 1.18 bits per heavy atom. The average Bonchev–Trinajstić information content (AvgIpc) is 3.37.